The Labute approximate surface area is 179 Å². The smallest absolute Gasteiger partial charge is 0.224 e. The number of hydrogen-bond acceptors (Lipinski definition) is 3. The fourth-order valence-corrected chi connectivity index (χ4v) is 3.49. The first-order valence-electron chi connectivity index (χ1n) is 10.2. The van der Waals surface area contributed by atoms with E-state index in [0.29, 0.717) is 12.8 Å². The lowest BCUT2D eigenvalue weighted by atomic mass is 10.1. The first-order chi connectivity index (χ1) is 15.2. The van der Waals surface area contributed by atoms with Gasteiger partial charge in [0.05, 0.1) is 17.6 Å². The van der Waals surface area contributed by atoms with E-state index in [9.17, 15) is 4.79 Å². The zero-order valence-electron chi connectivity index (χ0n) is 16.8. The van der Waals surface area contributed by atoms with E-state index in [2.05, 4.69) is 15.4 Å². The molecule has 5 rings (SSSR count). The second-order valence-electron chi connectivity index (χ2n) is 7.35. The number of carbonyl (C=O) groups excluding carboxylic acids is 1. The van der Waals surface area contributed by atoms with Crippen molar-refractivity contribution in [1.29, 1.82) is 0 Å². The maximum absolute atomic E-state index is 12.4. The van der Waals surface area contributed by atoms with Crippen molar-refractivity contribution >= 4 is 17.2 Å². The summed E-state index contributed by atoms with van der Waals surface area (Å²) in [5, 5.41) is 7.34. The van der Waals surface area contributed by atoms with Gasteiger partial charge in [0.25, 0.3) is 0 Å². The number of hydrogen-bond donors (Lipinski definition) is 1. The van der Waals surface area contributed by atoms with Gasteiger partial charge in [0.2, 0.25) is 5.91 Å². The zero-order chi connectivity index (χ0) is 21.0. The number of fused-ring (bicyclic) bond motifs is 1. The van der Waals surface area contributed by atoms with E-state index in [1.807, 2.05) is 107 Å². The lowest BCUT2D eigenvalue weighted by Crippen LogP contribution is -2.12. The summed E-state index contributed by atoms with van der Waals surface area (Å²) in [6, 6.07) is 23.6. The van der Waals surface area contributed by atoms with Gasteiger partial charge in [-0.15, -0.1) is 0 Å². The van der Waals surface area contributed by atoms with Crippen LogP contribution in [0.25, 0.3) is 22.6 Å². The van der Waals surface area contributed by atoms with Gasteiger partial charge in [-0.1, -0.05) is 36.4 Å². The van der Waals surface area contributed by atoms with Crippen LogP contribution in [0.3, 0.4) is 0 Å². The number of nitrogens with zero attached hydrogens (tertiary/aromatic N) is 4. The standard InChI is InChI=1S/C25H21N5O/c31-25(14-9-19-16-26-30(17-19)22-6-2-1-3-7-22)27-21-12-10-20(11-13-21)23-18-29-15-5-4-8-24(29)28-23/h1-8,10-13,15-18H,9,14H2,(H,27,31). The molecule has 0 radical (unpaired) electrons. The molecule has 0 fully saturated rings. The molecular weight excluding hydrogens is 386 g/mol. The first-order valence-corrected chi connectivity index (χ1v) is 10.2. The fraction of sp³-hybridized carbons (Fsp3) is 0.0800. The molecule has 0 aliphatic carbocycles. The predicted molar refractivity (Wildman–Crippen MR) is 121 cm³/mol. The monoisotopic (exact) mass is 407 g/mol. The normalized spacial score (nSPS) is 11.0. The largest absolute Gasteiger partial charge is 0.326 e. The summed E-state index contributed by atoms with van der Waals surface area (Å²) in [4.78, 5) is 17.0. The molecule has 0 bridgehead atoms. The van der Waals surface area contributed by atoms with Crippen molar-refractivity contribution in [1.82, 2.24) is 19.2 Å². The van der Waals surface area contributed by atoms with Crippen LogP contribution < -0.4 is 5.32 Å². The minimum Gasteiger partial charge on any atom is -0.326 e. The van der Waals surface area contributed by atoms with Crippen molar-refractivity contribution in [2.45, 2.75) is 12.8 Å². The molecule has 6 nitrogen and oxygen atoms in total. The number of benzene rings is 2. The van der Waals surface area contributed by atoms with Gasteiger partial charge in [0.15, 0.2) is 0 Å². The third-order valence-corrected chi connectivity index (χ3v) is 5.13. The van der Waals surface area contributed by atoms with E-state index in [1.54, 1.807) is 0 Å². The Bertz CT molecular complexity index is 1290. The Morgan fingerprint density at radius 3 is 2.52 bits per heavy atom. The molecule has 0 aliphatic rings. The third kappa shape index (κ3) is 4.23. The zero-order valence-corrected chi connectivity index (χ0v) is 16.8. The summed E-state index contributed by atoms with van der Waals surface area (Å²) in [6.07, 6.45) is 8.78. The Morgan fingerprint density at radius 1 is 0.903 bits per heavy atom. The topological polar surface area (TPSA) is 64.2 Å². The Balaban J connectivity index is 1.18. The highest BCUT2D eigenvalue weighted by Gasteiger charge is 2.08. The van der Waals surface area contributed by atoms with E-state index in [0.717, 1.165) is 33.8 Å². The second kappa shape index (κ2) is 8.28. The van der Waals surface area contributed by atoms with Gasteiger partial charge in [0.1, 0.15) is 5.65 Å². The first kappa shape index (κ1) is 18.8. The van der Waals surface area contributed by atoms with Gasteiger partial charge in [-0.25, -0.2) is 9.67 Å². The summed E-state index contributed by atoms with van der Waals surface area (Å²) < 4.78 is 3.82. The van der Waals surface area contributed by atoms with E-state index < -0.39 is 0 Å². The van der Waals surface area contributed by atoms with Gasteiger partial charge in [-0.2, -0.15) is 5.10 Å². The van der Waals surface area contributed by atoms with Crippen molar-refractivity contribution in [3.05, 3.63) is 103 Å². The molecule has 2 aromatic carbocycles. The van der Waals surface area contributed by atoms with Gasteiger partial charge < -0.3 is 9.72 Å². The number of imidazole rings is 1. The van der Waals surface area contributed by atoms with Crippen molar-refractivity contribution in [2.24, 2.45) is 0 Å². The molecule has 6 heteroatoms. The van der Waals surface area contributed by atoms with Crippen LogP contribution >= 0.6 is 0 Å². The van der Waals surface area contributed by atoms with Crippen LogP contribution in [0, 0.1) is 0 Å². The predicted octanol–water partition coefficient (Wildman–Crippen LogP) is 4.76. The highest BCUT2D eigenvalue weighted by atomic mass is 16.1. The quantitative estimate of drug-likeness (QED) is 0.441. The van der Waals surface area contributed by atoms with Gasteiger partial charge in [-0.05, 0) is 48.4 Å². The number of rotatable bonds is 6. The Hall–Kier alpha value is -4.19. The molecule has 1 amide bonds. The maximum Gasteiger partial charge on any atom is 0.224 e. The lowest BCUT2D eigenvalue weighted by Gasteiger charge is -2.05. The van der Waals surface area contributed by atoms with Crippen molar-refractivity contribution in [2.75, 3.05) is 5.32 Å². The molecular formula is C25H21N5O. The average Bonchev–Trinajstić information content (AvgIpc) is 3.46. The summed E-state index contributed by atoms with van der Waals surface area (Å²) >= 11 is 0. The van der Waals surface area contributed by atoms with Crippen molar-refractivity contribution in [3.63, 3.8) is 0 Å². The number of pyridine rings is 1. The van der Waals surface area contributed by atoms with Crippen LogP contribution in [0.15, 0.2) is 97.6 Å². The van der Waals surface area contributed by atoms with Gasteiger partial charge >= 0.3 is 0 Å². The number of amides is 1. The number of aryl methyl sites for hydroxylation is 1. The molecule has 3 aromatic heterocycles. The van der Waals surface area contributed by atoms with Gasteiger partial charge in [-0.3, -0.25) is 4.79 Å². The van der Waals surface area contributed by atoms with Crippen LogP contribution in [-0.4, -0.2) is 25.1 Å². The van der Waals surface area contributed by atoms with Crippen LogP contribution in [0.5, 0.6) is 0 Å². The molecule has 0 atom stereocenters. The fourth-order valence-electron chi connectivity index (χ4n) is 3.49. The Morgan fingerprint density at radius 2 is 1.71 bits per heavy atom. The molecule has 5 aromatic rings. The van der Waals surface area contributed by atoms with Crippen LogP contribution in [0.4, 0.5) is 5.69 Å². The molecule has 0 saturated heterocycles. The molecule has 152 valence electrons. The number of anilines is 1. The number of aromatic nitrogens is 4. The molecule has 1 N–H and O–H groups in total. The minimum atomic E-state index is -0.0204. The van der Waals surface area contributed by atoms with Crippen molar-refractivity contribution < 1.29 is 4.79 Å². The van der Waals surface area contributed by atoms with Crippen LogP contribution in [0.1, 0.15) is 12.0 Å². The molecule has 0 spiro atoms. The number of nitrogens with one attached hydrogen (secondary N) is 1. The van der Waals surface area contributed by atoms with E-state index in [-0.39, 0.29) is 5.91 Å². The highest BCUT2D eigenvalue weighted by Crippen LogP contribution is 2.21. The van der Waals surface area contributed by atoms with Crippen LogP contribution in [0.2, 0.25) is 0 Å². The third-order valence-electron chi connectivity index (χ3n) is 5.13. The summed E-state index contributed by atoms with van der Waals surface area (Å²) in [6.45, 7) is 0. The summed E-state index contributed by atoms with van der Waals surface area (Å²) in [5.74, 6) is -0.0204. The summed E-state index contributed by atoms with van der Waals surface area (Å²) in [7, 11) is 0. The molecule has 3 heterocycles. The molecule has 0 unspecified atom stereocenters. The molecule has 0 saturated carbocycles. The SMILES string of the molecule is O=C(CCc1cnn(-c2ccccc2)c1)Nc1ccc(-c2cn3ccccc3n2)cc1. The number of carbonyl (C=O) groups is 1. The summed E-state index contributed by atoms with van der Waals surface area (Å²) in [5.41, 5.74) is 5.63. The molecule has 31 heavy (non-hydrogen) atoms. The van der Waals surface area contributed by atoms with Crippen molar-refractivity contribution in [3.8, 4) is 16.9 Å². The van der Waals surface area contributed by atoms with Gasteiger partial charge in [0, 0.05) is 36.3 Å². The van der Waals surface area contributed by atoms with E-state index >= 15 is 0 Å². The lowest BCUT2D eigenvalue weighted by molar-refractivity contribution is -0.116. The average molecular weight is 407 g/mol. The van der Waals surface area contributed by atoms with E-state index in [4.69, 9.17) is 0 Å². The molecule has 0 aliphatic heterocycles. The Kier molecular flexibility index (Phi) is 5.02. The maximum atomic E-state index is 12.4. The van der Waals surface area contributed by atoms with E-state index in [1.165, 1.54) is 0 Å². The highest BCUT2D eigenvalue weighted by molar-refractivity contribution is 5.91. The van der Waals surface area contributed by atoms with Crippen LogP contribution in [-0.2, 0) is 11.2 Å². The number of para-hydroxylation sites is 1. The second-order valence-corrected chi connectivity index (χ2v) is 7.35. The minimum absolute atomic E-state index is 0.0204.